The number of allylic oxidation sites excluding steroid dienone is 2. The molecule has 7 nitrogen and oxygen atoms in total. The lowest BCUT2D eigenvalue weighted by molar-refractivity contribution is -0.121. The van der Waals surface area contributed by atoms with Crippen LogP contribution < -0.4 is 4.74 Å². The molecular formula is C25H31NO6. The van der Waals surface area contributed by atoms with Gasteiger partial charge < -0.3 is 19.1 Å². The topological polar surface area (TPSA) is 82.1 Å². The van der Waals surface area contributed by atoms with E-state index in [2.05, 4.69) is 0 Å². The zero-order valence-corrected chi connectivity index (χ0v) is 19.4. The van der Waals surface area contributed by atoms with Gasteiger partial charge in [0.05, 0.1) is 25.9 Å². The zero-order valence-electron chi connectivity index (χ0n) is 19.4. The molecule has 0 radical (unpaired) electrons. The highest BCUT2D eigenvalue weighted by molar-refractivity contribution is 6.23. The Morgan fingerprint density at radius 1 is 1.00 bits per heavy atom. The summed E-state index contributed by atoms with van der Waals surface area (Å²) in [4.78, 5) is 40.8. The Bertz CT molecular complexity index is 982. The number of rotatable bonds is 7. The van der Waals surface area contributed by atoms with Crippen LogP contribution in [0, 0.1) is 0 Å². The second-order valence-corrected chi connectivity index (χ2v) is 8.36. The van der Waals surface area contributed by atoms with Gasteiger partial charge in [0.25, 0.3) is 5.91 Å². The van der Waals surface area contributed by atoms with Gasteiger partial charge in [-0.3, -0.25) is 14.4 Å². The van der Waals surface area contributed by atoms with E-state index in [-0.39, 0.29) is 41.5 Å². The predicted molar refractivity (Wildman–Crippen MR) is 119 cm³/mol. The van der Waals surface area contributed by atoms with Crippen molar-refractivity contribution in [1.29, 1.82) is 0 Å². The largest absolute Gasteiger partial charge is 0.490 e. The number of piperidine rings is 1. The highest BCUT2D eigenvalue weighted by Gasteiger charge is 2.35. The Hall–Kier alpha value is -3.09. The molecule has 2 aliphatic rings. The molecule has 0 bridgehead atoms. The Morgan fingerprint density at radius 2 is 1.62 bits per heavy atom. The first kappa shape index (κ1) is 23.6. The molecule has 0 spiro atoms. The molecule has 0 N–H and O–H groups in total. The number of carbonyl (C=O) groups excluding carboxylic acids is 3. The maximum Gasteiger partial charge on any atom is 0.257 e. The van der Waals surface area contributed by atoms with E-state index in [0.29, 0.717) is 22.5 Å². The van der Waals surface area contributed by atoms with E-state index in [9.17, 15) is 14.4 Å². The lowest BCUT2D eigenvalue weighted by Crippen LogP contribution is -2.36. The summed E-state index contributed by atoms with van der Waals surface area (Å²) < 4.78 is 16.2. The van der Waals surface area contributed by atoms with Gasteiger partial charge in [-0.25, -0.2) is 0 Å². The van der Waals surface area contributed by atoms with Crippen LogP contribution in [0.5, 0.6) is 5.75 Å². The number of ketones is 2. The van der Waals surface area contributed by atoms with Crippen molar-refractivity contribution in [3.63, 3.8) is 0 Å². The van der Waals surface area contributed by atoms with Crippen LogP contribution in [0.3, 0.4) is 0 Å². The molecule has 172 valence electrons. The number of Topliss-reactive ketones (excluding diaryl/α,β-unsaturated/α-hetero) is 2. The summed E-state index contributed by atoms with van der Waals surface area (Å²) in [6, 6.07) is 5.37. The van der Waals surface area contributed by atoms with Gasteiger partial charge >= 0.3 is 0 Å². The van der Waals surface area contributed by atoms with Crippen LogP contribution in [0.4, 0.5) is 0 Å². The van der Waals surface area contributed by atoms with Gasteiger partial charge in [-0.1, -0.05) is 6.07 Å². The van der Waals surface area contributed by atoms with Crippen LogP contribution >= 0.6 is 0 Å². The molecule has 1 aromatic rings. The van der Waals surface area contributed by atoms with Crippen LogP contribution in [0.1, 0.15) is 56.0 Å². The van der Waals surface area contributed by atoms with Gasteiger partial charge in [0.2, 0.25) is 23.1 Å². The number of likely N-dealkylation sites (tertiary alicyclic amines) is 1. The smallest absolute Gasteiger partial charge is 0.257 e. The normalized spacial score (nSPS) is 17.2. The van der Waals surface area contributed by atoms with Crippen LogP contribution in [-0.4, -0.2) is 55.8 Å². The molecule has 32 heavy (non-hydrogen) atoms. The fourth-order valence-electron chi connectivity index (χ4n) is 4.09. The molecule has 1 aliphatic heterocycles. The Balaban J connectivity index is 1.96. The molecule has 7 heteroatoms. The number of methoxy groups -OCH3 is 2. The minimum atomic E-state index is -0.382. The van der Waals surface area contributed by atoms with Crippen molar-refractivity contribution in [2.24, 2.45) is 0 Å². The Labute approximate surface area is 189 Å². The van der Waals surface area contributed by atoms with E-state index in [4.69, 9.17) is 14.2 Å². The SMILES string of the molecule is COC1=C(OC)C(=O)C(Cc2ccc(OC(C)C)c(C(=O)N3CCCCC3)c2)=C(C)C1=O. The number of benzene rings is 1. The monoisotopic (exact) mass is 441 g/mol. The van der Waals surface area contributed by atoms with Crippen LogP contribution in [0.15, 0.2) is 40.9 Å². The molecular weight excluding hydrogens is 410 g/mol. The maximum absolute atomic E-state index is 13.3. The molecule has 1 amide bonds. The first-order valence-corrected chi connectivity index (χ1v) is 11.0. The first-order valence-electron chi connectivity index (χ1n) is 11.0. The zero-order chi connectivity index (χ0) is 23.4. The van der Waals surface area contributed by atoms with Crippen molar-refractivity contribution < 1.29 is 28.6 Å². The van der Waals surface area contributed by atoms with Gasteiger partial charge in [-0.05, 0) is 57.7 Å². The van der Waals surface area contributed by atoms with Crippen molar-refractivity contribution in [2.75, 3.05) is 27.3 Å². The Morgan fingerprint density at radius 3 is 2.22 bits per heavy atom. The lowest BCUT2D eigenvalue weighted by Gasteiger charge is -2.28. The van der Waals surface area contributed by atoms with Gasteiger partial charge in [-0.2, -0.15) is 0 Å². The van der Waals surface area contributed by atoms with Crippen molar-refractivity contribution in [3.05, 3.63) is 52.0 Å². The molecule has 1 aromatic carbocycles. The number of ether oxygens (including phenoxy) is 3. The van der Waals surface area contributed by atoms with E-state index in [1.54, 1.807) is 19.1 Å². The molecule has 1 fully saturated rings. The van der Waals surface area contributed by atoms with Crippen LogP contribution in [0.2, 0.25) is 0 Å². The fourth-order valence-corrected chi connectivity index (χ4v) is 4.09. The molecule has 0 saturated carbocycles. The summed E-state index contributed by atoms with van der Waals surface area (Å²) in [5.41, 5.74) is 1.87. The van der Waals surface area contributed by atoms with E-state index in [1.165, 1.54) is 14.2 Å². The second-order valence-electron chi connectivity index (χ2n) is 8.36. The third kappa shape index (κ3) is 4.71. The van der Waals surface area contributed by atoms with Gasteiger partial charge in [0.1, 0.15) is 5.75 Å². The summed E-state index contributed by atoms with van der Waals surface area (Å²) in [5.74, 6) is -0.479. The van der Waals surface area contributed by atoms with Gasteiger partial charge in [0.15, 0.2) is 0 Å². The van der Waals surface area contributed by atoms with Gasteiger partial charge in [0, 0.05) is 30.7 Å². The molecule has 3 rings (SSSR count). The van der Waals surface area contributed by atoms with E-state index in [0.717, 1.165) is 37.9 Å². The number of amides is 1. The van der Waals surface area contributed by atoms with E-state index in [1.807, 2.05) is 24.8 Å². The van der Waals surface area contributed by atoms with Crippen LogP contribution in [0.25, 0.3) is 0 Å². The number of carbonyl (C=O) groups is 3. The van der Waals surface area contributed by atoms with Crippen molar-refractivity contribution in [1.82, 2.24) is 4.90 Å². The van der Waals surface area contributed by atoms with E-state index < -0.39 is 0 Å². The van der Waals surface area contributed by atoms with Crippen molar-refractivity contribution in [3.8, 4) is 5.75 Å². The first-order chi connectivity index (χ1) is 15.3. The predicted octanol–water partition coefficient (Wildman–Crippen LogP) is 3.62. The molecule has 0 unspecified atom stereocenters. The lowest BCUT2D eigenvalue weighted by atomic mass is 9.88. The summed E-state index contributed by atoms with van der Waals surface area (Å²) in [5, 5.41) is 0. The molecule has 0 atom stereocenters. The number of hydrogen-bond acceptors (Lipinski definition) is 6. The summed E-state index contributed by atoms with van der Waals surface area (Å²) in [7, 11) is 2.68. The number of nitrogens with zero attached hydrogens (tertiary/aromatic N) is 1. The standard InChI is InChI=1S/C25H31NO6/c1-15(2)32-20-10-9-17(14-19(20)25(29)26-11-7-6-8-12-26)13-18-16(3)21(27)23(30-4)24(31-5)22(18)28/h9-10,14-15H,6-8,11-13H2,1-5H3. The fraction of sp³-hybridized carbons (Fsp3) is 0.480. The molecule has 1 heterocycles. The summed E-state index contributed by atoms with van der Waals surface area (Å²) >= 11 is 0. The minimum Gasteiger partial charge on any atom is -0.490 e. The molecule has 0 aromatic heterocycles. The molecule has 1 saturated heterocycles. The van der Waals surface area contributed by atoms with Crippen molar-refractivity contribution in [2.45, 2.75) is 52.6 Å². The highest BCUT2D eigenvalue weighted by atomic mass is 16.5. The molecule has 1 aliphatic carbocycles. The van der Waals surface area contributed by atoms with E-state index >= 15 is 0 Å². The quantitative estimate of drug-likeness (QED) is 0.601. The summed E-state index contributed by atoms with van der Waals surface area (Å²) in [6.45, 7) is 6.88. The van der Waals surface area contributed by atoms with Crippen LogP contribution in [-0.2, 0) is 25.5 Å². The van der Waals surface area contributed by atoms with Crippen molar-refractivity contribution >= 4 is 17.5 Å². The van der Waals surface area contributed by atoms with Gasteiger partial charge in [-0.15, -0.1) is 0 Å². The average molecular weight is 442 g/mol. The Kier molecular flexibility index (Phi) is 7.38. The highest BCUT2D eigenvalue weighted by Crippen LogP contribution is 2.30. The third-order valence-corrected chi connectivity index (χ3v) is 5.76. The summed E-state index contributed by atoms with van der Waals surface area (Å²) in [6.07, 6.45) is 3.22. The number of hydrogen-bond donors (Lipinski definition) is 0. The average Bonchev–Trinajstić information content (AvgIpc) is 2.79. The third-order valence-electron chi connectivity index (χ3n) is 5.76. The minimum absolute atomic E-state index is 0.0712. The second kappa shape index (κ2) is 10.0. The maximum atomic E-state index is 13.3.